The van der Waals surface area contributed by atoms with Crippen LogP contribution in [0.15, 0.2) is 28.3 Å². The van der Waals surface area contributed by atoms with Crippen molar-refractivity contribution in [3.8, 4) is 0 Å². The van der Waals surface area contributed by atoms with Crippen molar-refractivity contribution < 1.29 is 0 Å². The Morgan fingerprint density at radius 1 is 1.53 bits per heavy atom. The SMILES string of the molecule is CCCc1nccn1Cc1sccc1Br. The third kappa shape index (κ3) is 2.49. The minimum absolute atomic E-state index is 0.924. The highest BCUT2D eigenvalue weighted by Crippen LogP contribution is 2.23. The second kappa shape index (κ2) is 4.94. The van der Waals surface area contributed by atoms with Crippen molar-refractivity contribution >= 4 is 27.3 Å². The van der Waals surface area contributed by atoms with Gasteiger partial charge in [-0.2, -0.15) is 0 Å². The molecule has 0 fully saturated rings. The highest BCUT2D eigenvalue weighted by molar-refractivity contribution is 9.10. The first-order valence-corrected chi connectivity index (χ1v) is 6.70. The molecule has 2 nitrogen and oxygen atoms in total. The van der Waals surface area contributed by atoms with E-state index in [4.69, 9.17) is 0 Å². The molecule has 0 saturated heterocycles. The summed E-state index contributed by atoms with van der Waals surface area (Å²) < 4.78 is 3.42. The van der Waals surface area contributed by atoms with Crippen molar-refractivity contribution in [2.45, 2.75) is 26.3 Å². The fraction of sp³-hybridized carbons (Fsp3) is 0.364. The highest BCUT2D eigenvalue weighted by atomic mass is 79.9. The maximum absolute atomic E-state index is 4.37. The number of rotatable bonds is 4. The highest BCUT2D eigenvalue weighted by Gasteiger charge is 2.05. The average molecular weight is 285 g/mol. The zero-order valence-corrected chi connectivity index (χ0v) is 11.0. The van der Waals surface area contributed by atoms with Gasteiger partial charge in [-0.25, -0.2) is 4.98 Å². The summed E-state index contributed by atoms with van der Waals surface area (Å²) in [6.45, 7) is 3.10. The van der Waals surface area contributed by atoms with Gasteiger partial charge in [0.25, 0.3) is 0 Å². The van der Waals surface area contributed by atoms with E-state index in [-0.39, 0.29) is 0 Å². The molecule has 0 amide bonds. The smallest absolute Gasteiger partial charge is 0.108 e. The maximum Gasteiger partial charge on any atom is 0.108 e. The fourth-order valence-corrected chi connectivity index (χ4v) is 3.00. The van der Waals surface area contributed by atoms with Crippen LogP contribution in [-0.2, 0) is 13.0 Å². The largest absolute Gasteiger partial charge is 0.330 e. The molecule has 4 heteroatoms. The Hall–Kier alpha value is -0.610. The number of aromatic nitrogens is 2. The Kier molecular flexibility index (Phi) is 3.59. The van der Waals surface area contributed by atoms with E-state index in [9.17, 15) is 0 Å². The summed E-state index contributed by atoms with van der Waals surface area (Å²) in [7, 11) is 0. The normalized spacial score (nSPS) is 10.8. The lowest BCUT2D eigenvalue weighted by Crippen LogP contribution is -2.03. The van der Waals surface area contributed by atoms with Crippen LogP contribution in [0.2, 0.25) is 0 Å². The van der Waals surface area contributed by atoms with Crippen molar-refractivity contribution in [2.75, 3.05) is 0 Å². The van der Waals surface area contributed by atoms with Crippen LogP contribution in [0.3, 0.4) is 0 Å². The molecule has 2 aromatic heterocycles. The number of imidazole rings is 1. The molecule has 0 aliphatic carbocycles. The van der Waals surface area contributed by atoms with Gasteiger partial charge < -0.3 is 4.57 Å². The summed E-state index contributed by atoms with van der Waals surface area (Å²) in [5.74, 6) is 1.18. The minimum Gasteiger partial charge on any atom is -0.330 e. The predicted octanol–water partition coefficient (Wildman–Crippen LogP) is 3.71. The third-order valence-corrected chi connectivity index (χ3v) is 4.19. The molecule has 2 aromatic rings. The molecule has 2 heterocycles. The van der Waals surface area contributed by atoms with Gasteiger partial charge in [0, 0.05) is 28.2 Å². The summed E-state index contributed by atoms with van der Waals surface area (Å²) in [5, 5.41) is 2.11. The van der Waals surface area contributed by atoms with Crippen LogP contribution >= 0.6 is 27.3 Å². The Labute approximate surface area is 102 Å². The molecule has 0 aliphatic heterocycles. The lowest BCUT2D eigenvalue weighted by atomic mass is 10.3. The molecular weight excluding hydrogens is 272 g/mol. The second-order valence-corrected chi connectivity index (χ2v) is 5.27. The van der Waals surface area contributed by atoms with E-state index >= 15 is 0 Å². The predicted molar refractivity (Wildman–Crippen MR) is 67.3 cm³/mol. The number of aryl methyl sites for hydroxylation is 1. The number of hydrogen-bond donors (Lipinski definition) is 0. The zero-order chi connectivity index (χ0) is 10.7. The van der Waals surface area contributed by atoms with Gasteiger partial charge in [-0.3, -0.25) is 0 Å². The molecule has 0 atom stereocenters. The molecule has 0 N–H and O–H groups in total. The molecule has 0 spiro atoms. The molecule has 0 aromatic carbocycles. The Morgan fingerprint density at radius 3 is 3.07 bits per heavy atom. The van der Waals surface area contributed by atoms with Crippen LogP contribution < -0.4 is 0 Å². The van der Waals surface area contributed by atoms with Gasteiger partial charge in [-0.15, -0.1) is 11.3 Å². The Balaban J connectivity index is 2.17. The van der Waals surface area contributed by atoms with Gasteiger partial charge in [0.15, 0.2) is 0 Å². The number of hydrogen-bond acceptors (Lipinski definition) is 2. The quantitative estimate of drug-likeness (QED) is 0.837. The summed E-state index contributed by atoms with van der Waals surface area (Å²) in [6, 6.07) is 2.09. The first-order valence-electron chi connectivity index (χ1n) is 5.03. The second-order valence-electron chi connectivity index (χ2n) is 3.41. The van der Waals surface area contributed by atoms with E-state index in [2.05, 4.69) is 50.0 Å². The lowest BCUT2D eigenvalue weighted by Gasteiger charge is -2.05. The third-order valence-electron chi connectivity index (χ3n) is 2.28. The summed E-state index contributed by atoms with van der Waals surface area (Å²) >= 11 is 5.33. The van der Waals surface area contributed by atoms with E-state index in [1.807, 2.05) is 6.20 Å². The molecular formula is C11H13BrN2S. The van der Waals surface area contributed by atoms with E-state index < -0.39 is 0 Å². The van der Waals surface area contributed by atoms with E-state index in [1.165, 1.54) is 15.2 Å². The van der Waals surface area contributed by atoms with Crippen molar-refractivity contribution in [1.29, 1.82) is 0 Å². The van der Waals surface area contributed by atoms with Crippen LogP contribution in [0, 0.1) is 0 Å². The number of halogens is 1. The van der Waals surface area contributed by atoms with Crippen molar-refractivity contribution in [3.63, 3.8) is 0 Å². The standard InChI is InChI=1S/C11H13BrN2S/c1-2-3-11-13-5-6-14(11)8-10-9(12)4-7-15-10/h4-7H,2-3,8H2,1H3. The maximum atomic E-state index is 4.37. The molecule has 0 radical (unpaired) electrons. The molecule has 0 bridgehead atoms. The molecule has 0 unspecified atom stereocenters. The Morgan fingerprint density at radius 2 is 2.40 bits per heavy atom. The van der Waals surface area contributed by atoms with Crippen LogP contribution in [0.5, 0.6) is 0 Å². The van der Waals surface area contributed by atoms with E-state index in [0.29, 0.717) is 0 Å². The van der Waals surface area contributed by atoms with Crippen molar-refractivity contribution in [2.24, 2.45) is 0 Å². The summed E-state index contributed by atoms with van der Waals surface area (Å²) in [5.41, 5.74) is 0. The topological polar surface area (TPSA) is 17.8 Å². The van der Waals surface area contributed by atoms with E-state index in [1.54, 1.807) is 11.3 Å². The van der Waals surface area contributed by atoms with Crippen LogP contribution in [-0.4, -0.2) is 9.55 Å². The van der Waals surface area contributed by atoms with Gasteiger partial charge >= 0.3 is 0 Å². The first kappa shape index (κ1) is 10.9. The van der Waals surface area contributed by atoms with Gasteiger partial charge in [0.2, 0.25) is 0 Å². The molecule has 2 rings (SSSR count). The molecule has 0 aliphatic rings. The summed E-state index contributed by atoms with van der Waals surface area (Å²) in [4.78, 5) is 5.72. The van der Waals surface area contributed by atoms with Gasteiger partial charge in [0.05, 0.1) is 6.54 Å². The number of thiophene rings is 1. The minimum atomic E-state index is 0.924. The average Bonchev–Trinajstić information content (AvgIpc) is 2.80. The summed E-state index contributed by atoms with van der Waals surface area (Å²) in [6.07, 6.45) is 6.13. The van der Waals surface area contributed by atoms with Gasteiger partial charge in [-0.05, 0) is 33.8 Å². The van der Waals surface area contributed by atoms with Gasteiger partial charge in [-0.1, -0.05) is 6.92 Å². The number of nitrogens with zero attached hydrogens (tertiary/aromatic N) is 2. The zero-order valence-electron chi connectivity index (χ0n) is 8.61. The van der Waals surface area contributed by atoms with Crippen molar-refractivity contribution in [3.05, 3.63) is 39.0 Å². The van der Waals surface area contributed by atoms with E-state index in [0.717, 1.165) is 19.4 Å². The van der Waals surface area contributed by atoms with Crippen LogP contribution in [0.25, 0.3) is 0 Å². The van der Waals surface area contributed by atoms with Gasteiger partial charge in [0.1, 0.15) is 5.82 Å². The van der Waals surface area contributed by atoms with Crippen molar-refractivity contribution in [1.82, 2.24) is 9.55 Å². The first-order chi connectivity index (χ1) is 7.31. The lowest BCUT2D eigenvalue weighted by molar-refractivity contribution is 0.710. The molecule has 0 saturated carbocycles. The van der Waals surface area contributed by atoms with Crippen LogP contribution in [0.1, 0.15) is 24.0 Å². The Bertz CT molecular complexity index is 433. The molecule has 80 valence electrons. The monoisotopic (exact) mass is 284 g/mol. The fourth-order valence-electron chi connectivity index (χ4n) is 1.53. The van der Waals surface area contributed by atoms with Crippen LogP contribution in [0.4, 0.5) is 0 Å². The molecule has 15 heavy (non-hydrogen) atoms.